The molecule has 1 aliphatic rings. The molecule has 0 unspecified atom stereocenters. The number of hydrogen-bond donors (Lipinski definition) is 0. The van der Waals surface area contributed by atoms with Crippen molar-refractivity contribution >= 4 is 5.91 Å². The van der Waals surface area contributed by atoms with Crippen molar-refractivity contribution < 1.29 is 4.79 Å². The van der Waals surface area contributed by atoms with Crippen molar-refractivity contribution in [2.24, 2.45) is 0 Å². The summed E-state index contributed by atoms with van der Waals surface area (Å²) >= 11 is 0. The predicted molar refractivity (Wildman–Crippen MR) is 124 cm³/mol. The summed E-state index contributed by atoms with van der Waals surface area (Å²) < 4.78 is 1.81. The number of nitrogens with zero attached hydrogens (tertiary/aromatic N) is 4. The second kappa shape index (κ2) is 9.06. The normalized spacial score (nSPS) is 15.8. The van der Waals surface area contributed by atoms with Gasteiger partial charge in [0.05, 0.1) is 11.7 Å². The highest BCUT2D eigenvalue weighted by Crippen LogP contribution is 2.32. The number of benzene rings is 2. The van der Waals surface area contributed by atoms with Crippen LogP contribution >= 0.6 is 0 Å². The lowest BCUT2D eigenvalue weighted by atomic mass is 9.92. The van der Waals surface area contributed by atoms with Gasteiger partial charge in [0.15, 0.2) is 0 Å². The largest absolute Gasteiger partial charge is 0.339 e. The molecule has 1 aliphatic heterocycles. The molecule has 1 amide bonds. The van der Waals surface area contributed by atoms with Crippen molar-refractivity contribution in [1.82, 2.24) is 19.6 Å². The van der Waals surface area contributed by atoms with Crippen LogP contribution in [-0.2, 0) is 11.3 Å². The highest BCUT2D eigenvalue weighted by molar-refractivity contribution is 5.76. The van der Waals surface area contributed by atoms with Crippen LogP contribution in [0.2, 0.25) is 0 Å². The molecule has 31 heavy (non-hydrogen) atoms. The van der Waals surface area contributed by atoms with E-state index in [0.29, 0.717) is 6.54 Å². The van der Waals surface area contributed by atoms with Crippen molar-refractivity contribution in [2.75, 3.05) is 26.2 Å². The van der Waals surface area contributed by atoms with E-state index in [-0.39, 0.29) is 11.9 Å². The van der Waals surface area contributed by atoms with Crippen LogP contribution in [0.5, 0.6) is 0 Å². The molecule has 0 spiro atoms. The number of amides is 1. The van der Waals surface area contributed by atoms with Crippen LogP contribution in [-0.4, -0.2) is 51.7 Å². The molecule has 5 nitrogen and oxygen atoms in total. The number of rotatable bonds is 5. The van der Waals surface area contributed by atoms with E-state index in [4.69, 9.17) is 0 Å². The molecule has 2 heterocycles. The summed E-state index contributed by atoms with van der Waals surface area (Å²) in [5.41, 5.74) is 7.23. The Hall–Kier alpha value is -2.92. The van der Waals surface area contributed by atoms with E-state index in [1.807, 2.05) is 29.5 Å². The van der Waals surface area contributed by atoms with Crippen molar-refractivity contribution in [3.63, 3.8) is 0 Å². The summed E-state index contributed by atoms with van der Waals surface area (Å²) in [6.45, 7) is 11.8. The minimum atomic E-state index is 0.147. The molecule has 0 bridgehead atoms. The second-order valence-electron chi connectivity index (χ2n) is 8.67. The SMILES string of the molecule is Cc1ccc(C)c([C@H](c2ccccc2)N2CCN(C(=O)Cn3nc(C)cc3C)CC2)c1. The van der Waals surface area contributed by atoms with Crippen LogP contribution in [0.15, 0.2) is 54.6 Å². The third-order valence-electron chi connectivity index (χ3n) is 6.27. The Kier molecular flexibility index (Phi) is 6.23. The molecule has 3 aromatic rings. The van der Waals surface area contributed by atoms with E-state index in [1.165, 1.54) is 22.3 Å². The number of aromatic nitrogens is 2. The molecular weight excluding hydrogens is 384 g/mol. The van der Waals surface area contributed by atoms with E-state index in [1.54, 1.807) is 0 Å². The van der Waals surface area contributed by atoms with Crippen LogP contribution in [0.4, 0.5) is 0 Å². The van der Waals surface area contributed by atoms with Gasteiger partial charge in [0.25, 0.3) is 0 Å². The van der Waals surface area contributed by atoms with Gasteiger partial charge in [-0.15, -0.1) is 0 Å². The van der Waals surface area contributed by atoms with Gasteiger partial charge in [0, 0.05) is 31.9 Å². The minimum absolute atomic E-state index is 0.147. The summed E-state index contributed by atoms with van der Waals surface area (Å²) in [7, 11) is 0. The van der Waals surface area contributed by atoms with Gasteiger partial charge in [-0.05, 0) is 50.5 Å². The fourth-order valence-electron chi connectivity index (χ4n) is 4.57. The monoisotopic (exact) mass is 416 g/mol. The van der Waals surface area contributed by atoms with E-state index >= 15 is 0 Å². The van der Waals surface area contributed by atoms with Gasteiger partial charge in [-0.1, -0.05) is 54.1 Å². The van der Waals surface area contributed by atoms with Gasteiger partial charge in [0.2, 0.25) is 5.91 Å². The molecule has 1 aromatic heterocycles. The third-order valence-corrected chi connectivity index (χ3v) is 6.27. The Labute approximate surface area is 185 Å². The van der Waals surface area contributed by atoms with Crippen molar-refractivity contribution in [2.45, 2.75) is 40.3 Å². The first-order chi connectivity index (χ1) is 14.9. The molecule has 0 radical (unpaired) electrons. The summed E-state index contributed by atoms with van der Waals surface area (Å²) in [5.74, 6) is 0.147. The summed E-state index contributed by atoms with van der Waals surface area (Å²) in [4.78, 5) is 17.4. The quantitative estimate of drug-likeness (QED) is 0.630. The Morgan fingerprint density at radius 1 is 0.935 bits per heavy atom. The summed E-state index contributed by atoms with van der Waals surface area (Å²) in [5, 5.41) is 4.44. The number of aryl methyl sites for hydroxylation is 4. The molecule has 5 heteroatoms. The average molecular weight is 417 g/mol. The second-order valence-corrected chi connectivity index (χ2v) is 8.67. The van der Waals surface area contributed by atoms with Crippen LogP contribution in [0.25, 0.3) is 0 Å². The lowest BCUT2D eigenvalue weighted by Gasteiger charge is -2.40. The average Bonchev–Trinajstić information content (AvgIpc) is 3.08. The van der Waals surface area contributed by atoms with Gasteiger partial charge in [-0.25, -0.2) is 0 Å². The third kappa shape index (κ3) is 4.72. The van der Waals surface area contributed by atoms with Crippen molar-refractivity contribution in [1.29, 1.82) is 0 Å². The molecule has 2 aromatic carbocycles. The Morgan fingerprint density at radius 3 is 2.29 bits per heavy atom. The molecular formula is C26H32N4O. The highest BCUT2D eigenvalue weighted by Gasteiger charge is 2.29. The smallest absolute Gasteiger partial charge is 0.244 e. The molecule has 0 saturated carbocycles. The first-order valence-corrected chi connectivity index (χ1v) is 11.1. The van der Waals surface area contributed by atoms with Crippen molar-refractivity contribution in [3.8, 4) is 0 Å². The highest BCUT2D eigenvalue weighted by atomic mass is 16.2. The zero-order chi connectivity index (χ0) is 22.0. The number of carbonyl (C=O) groups excluding carboxylic acids is 1. The van der Waals surface area contributed by atoms with E-state index in [9.17, 15) is 4.79 Å². The van der Waals surface area contributed by atoms with E-state index in [2.05, 4.69) is 72.4 Å². The first kappa shape index (κ1) is 21.3. The van der Waals surface area contributed by atoms with Gasteiger partial charge < -0.3 is 4.90 Å². The molecule has 1 saturated heterocycles. The fourth-order valence-corrected chi connectivity index (χ4v) is 4.57. The van der Waals surface area contributed by atoms with Crippen LogP contribution in [0, 0.1) is 27.7 Å². The van der Waals surface area contributed by atoms with Crippen molar-refractivity contribution in [3.05, 3.63) is 88.2 Å². The molecule has 162 valence electrons. The van der Waals surface area contributed by atoms with E-state index < -0.39 is 0 Å². The standard InChI is InChI=1S/C26H32N4O/c1-19-10-11-20(2)24(16-19)26(23-8-6-5-7-9-23)29-14-12-28(13-15-29)25(31)18-30-22(4)17-21(3)27-30/h5-11,16-17,26H,12-15,18H2,1-4H3/t26-/m0/s1. The topological polar surface area (TPSA) is 41.4 Å². The number of hydrogen-bond acceptors (Lipinski definition) is 3. The van der Waals surface area contributed by atoms with Crippen LogP contribution in [0.3, 0.4) is 0 Å². The lowest BCUT2D eigenvalue weighted by Crippen LogP contribution is -2.50. The number of carbonyl (C=O) groups is 1. The van der Waals surface area contributed by atoms with E-state index in [0.717, 1.165) is 37.6 Å². The molecule has 1 atom stereocenters. The molecule has 4 rings (SSSR count). The van der Waals surface area contributed by atoms with Gasteiger partial charge >= 0.3 is 0 Å². The number of piperazine rings is 1. The van der Waals surface area contributed by atoms with Crippen LogP contribution < -0.4 is 0 Å². The van der Waals surface area contributed by atoms with Gasteiger partial charge in [-0.2, -0.15) is 5.10 Å². The summed E-state index contributed by atoms with van der Waals surface area (Å²) in [6, 6.07) is 19.6. The maximum Gasteiger partial charge on any atom is 0.244 e. The Morgan fingerprint density at radius 2 is 1.65 bits per heavy atom. The maximum atomic E-state index is 12.9. The zero-order valence-electron chi connectivity index (χ0n) is 19.0. The zero-order valence-corrected chi connectivity index (χ0v) is 19.0. The Balaban J connectivity index is 1.51. The molecule has 0 N–H and O–H groups in total. The first-order valence-electron chi connectivity index (χ1n) is 11.1. The van der Waals surface area contributed by atoms with Gasteiger partial charge in [-0.3, -0.25) is 14.4 Å². The lowest BCUT2D eigenvalue weighted by molar-refractivity contribution is -0.134. The maximum absolute atomic E-state index is 12.9. The molecule has 0 aliphatic carbocycles. The molecule has 1 fully saturated rings. The van der Waals surface area contributed by atoms with Crippen LogP contribution in [0.1, 0.15) is 39.7 Å². The fraction of sp³-hybridized carbons (Fsp3) is 0.385. The van der Waals surface area contributed by atoms with Gasteiger partial charge in [0.1, 0.15) is 6.54 Å². The summed E-state index contributed by atoms with van der Waals surface area (Å²) in [6.07, 6.45) is 0. The minimum Gasteiger partial charge on any atom is -0.339 e. The Bertz CT molecular complexity index is 1050. The predicted octanol–water partition coefficient (Wildman–Crippen LogP) is 4.05.